The molecule has 43 heavy (non-hydrogen) atoms. The van der Waals surface area contributed by atoms with Gasteiger partial charge in [0.25, 0.3) is 0 Å². The Kier molecular flexibility index (Phi) is 6.07. The summed E-state index contributed by atoms with van der Waals surface area (Å²) in [4.78, 5) is 30.3. The Labute approximate surface area is 254 Å². The van der Waals surface area contributed by atoms with Gasteiger partial charge in [-0.15, -0.1) is 6.42 Å². The Bertz CT molecular complexity index is 1530. The number of carbonyl (C=O) groups is 1. The fourth-order valence-electron chi connectivity index (χ4n) is 11.6. The van der Waals surface area contributed by atoms with Crippen molar-refractivity contribution < 1.29 is 15.0 Å². The molecule has 3 heterocycles. The van der Waals surface area contributed by atoms with E-state index in [4.69, 9.17) is 6.42 Å². The first-order chi connectivity index (χ1) is 20.6. The summed E-state index contributed by atoms with van der Waals surface area (Å²) in [5, 5.41) is 24.2. The highest BCUT2D eigenvalue weighted by atomic mass is 16.3. The first kappa shape index (κ1) is 27.8. The summed E-state index contributed by atoms with van der Waals surface area (Å²) < 4.78 is 0. The van der Waals surface area contributed by atoms with Crippen LogP contribution in [0.1, 0.15) is 65.2 Å². The van der Waals surface area contributed by atoms with Gasteiger partial charge in [-0.3, -0.25) is 9.69 Å². The molecule has 5 fully saturated rings. The summed E-state index contributed by atoms with van der Waals surface area (Å²) in [6, 6.07) is 2.25. The van der Waals surface area contributed by atoms with Crippen LogP contribution in [0.25, 0.3) is 11.0 Å². The molecule has 228 valence electrons. The summed E-state index contributed by atoms with van der Waals surface area (Å²) in [7, 11) is 2.16. The van der Waals surface area contributed by atoms with Gasteiger partial charge in [0.05, 0.1) is 11.4 Å². The highest BCUT2D eigenvalue weighted by Crippen LogP contribution is 2.68. The van der Waals surface area contributed by atoms with E-state index in [0.29, 0.717) is 42.1 Å². The molecular weight excluding hydrogens is 538 g/mol. The lowest BCUT2D eigenvalue weighted by atomic mass is 9.45. The first-order valence-electron chi connectivity index (χ1n) is 16.5. The Balaban J connectivity index is 1.05. The summed E-state index contributed by atoms with van der Waals surface area (Å²) in [6.07, 6.45) is 17.9. The Hall–Kier alpha value is -2.73. The second-order valence-electron chi connectivity index (χ2n) is 15.3. The summed E-state index contributed by atoms with van der Waals surface area (Å²) in [5.74, 6) is 5.93. The van der Waals surface area contributed by atoms with Gasteiger partial charge < -0.3 is 20.1 Å². The molecule has 2 aromatic rings. The van der Waals surface area contributed by atoms with Gasteiger partial charge in [-0.25, -0.2) is 9.97 Å². The molecule has 3 N–H and O–H groups in total. The zero-order chi connectivity index (χ0) is 29.9. The fourth-order valence-corrected chi connectivity index (χ4v) is 11.6. The number of nitrogens with zero attached hydrogens (tertiary/aromatic N) is 4. The summed E-state index contributed by atoms with van der Waals surface area (Å²) in [5.41, 5.74) is 0.557. The molecule has 0 bridgehead atoms. The largest absolute Gasteiger partial charge is 0.383 e. The lowest BCUT2D eigenvalue weighted by Crippen LogP contribution is -2.64. The molecule has 11 atom stereocenters. The molecule has 2 aromatic heterocycles. The second-order valence-corrected chi connectivity index (χ2v) is 15.3. The molecule has 8 nitrogen and oxygen atoms in total. The van der Waals surface area contributed by atoms with E-state index in [0.717, 1.165) is 74.9 Å². The van der Waals surface area contributed by atoms with E-state index in [2.05, 4.69) is 57.6 Å². The van der Waals surface area contributed by atoms with Crippen molar-refractivity contribution in [3.8, 4) is 12.3 Å². The van der Waals surface area contributed by atoms with E-state index >= 15 is 0 Å². The number of hydrogen-bond donors (Lipinski definition) is 3. The van der Waals surface area contributed by atoms with E-state index in [1.165, 1.54) is 5.57 Å². The van der Waals surface area contributed by atoms with Crippen LogP contribution in [-0.4, -0.2) is 79.8 Å². The topological polar surface area (TPSA) is 106 Å². The Morgan fingerprint density at radius 1 is 1.12 bits per heavy atom. The van der Waals surface area contributed by atoms with Gasteiger partial charge in [0, 0.05) is 43.2 Å². The molecule has 4 saturated carbocycles. The molecular formula is C35H45N5O3. The second kappa shape index (κ2) is 9.39. The van der Waals surface area contributed by atoms with Crippen LogP contribution in [-0.2, 0) is 4.79 Å². The van der Waals surface area contributed by atoms with Crippen LogP contribution in [0.15, 0.2) is 30.2 Å². The number of carbonyl (C=O) groups excluding carboxylic acids is 1. The quantitative estimate of drug-likeness (QED) is 0.470. The molecule has 8 rings (SSSR count). The minimum Gasteiger partial charge on any atom is -0.383 e. The van der Waals surface area contributed by atoms with Crippen LogP contribution in [0.4, 0.5) is 5.82 Å². The van der Waals surface area contributed by atoms with Crippen LogP contribution in [0.5, 0.6) is 0 Å². The number of H-pyrrole nitrogens is 1. The lowest BCUT2D eigenvalue weighted by molar-refractivity contribution is -0.145. The number of aromatic amines is 1. The molecule has 6 aliphatic rings. The number of aromatic nitrogens is 3. The number of nitrogens with one attached hydrogen (secondary N) is 1. The molecule has 1 saturated heterocycles. The predicted molar refractivity (Wildman–Crippen MR) is 165 cm³/mol. The zero-order valence-corrected chi connectivity index (χ0v) is 25.7. The maximum Gasteiger partial charge on any atom is 0.185 e. The number of likely N-dealkylation sites (tertiary alicyclic amines) is 1. The maximum atomic E-state index is 13.3. The Morgan fingerprint density at radius 2 is 1.86 bits per heavy atom. The minimum absolute atomic E-state index is 0.118. The van der Waals surface area contributed by atoms with Crippen molar-refractivity contribution in [3.05, 3.63) is 30.2 Å². The van der Waals surface area contributed by atoms with E-state index in [1.807, 2.05) is 12.3 Å². The van der Waals surface area contributed by atoms with Crippen LogP contribution < -0.4 is 4.90 Å². The monoisotopic (exact) mass is 583 g/mol. The minimum atomic E-state index is -1.03. The molecule has 0 amide bonds. The van der Waals surface area contributed by atoms with Gasteiger partial charge in [0.1, 0.15) is 29.5 Å². The SMILES string of the molecule is C#C[C@]1(O)CC[C@H]2[C@@H]3CCC4=CC(=O)C(O)C(N5C[C@H]6C[C@@H](N(C)c7ncnc8[nH]ccc78)C[C@H]6C5)[C@]4(C)[C@H]3CC[C@@]21C. The van der Waals surface area contributed by atoms with Crippen molar-refractivity contribution in [2.24, 2.45) is 40.4 Å². The molecule has 0 spiro atoms. The third-order valence-corrected chi connectivity index (χ3v) is 13.9. The number of aliphatic hydroxyl groups excluding tert-OH is 1. The molecule has 2 unspecified atom stereocenters. The number of fused-ring (bicyclic) bond motifs is 7. The van der Waals surface area contributed by atoms with Crippen molar-refractivity contribution >= 4 is 22.6 Å². The van der Waals surface area contributed by atoms with Gasteiger partial charge in [0.15, 0.2) is 5.78 Å². The van der Waals surface area contributed by atoms with Crippen molar-refractivity contribution in [1.82, 2.24) is 19.9 Å². The smallest absolute Gasteiger partial charge is 0.185 e. The standard InChI is InChI=1S/C35H45N5O3/c1-5-35(43)12-9-26-24-7-6-22-16-28(41)29(42)30(34(22,3)27(24)8-11-33(26,35)2)40-17-20-14-23(15-21(20)18-40)39(4)32-25-10-13-36-31(25)37-19-38-32/h1,10,13,16,19-21,23-24,26-27,29-30,42-43H,6-9,11-12,14-15,17-18H2,2-4H3,(H,36,37,38)/t20-,21+,23-,24-,26-,27-,29?,30?,33-,34-,35-/m0/s1. The Morgan fingerprint density at radius 3 is 2.60 bits per heavy atom. The molecule has 0 radical (unpaired) electrons. The number of ketones is 1. The highest BCUT2D eigenvalue weighted by Gasteiger charge is 2.66. The van der Waals surface area contributed by atoms with E-state index in [9.17, 15) is 15.0 Å². The number of rotatable bonds is 3. The van der Waals surface area contributed by atoms with Crippen molar-refractivity contribution in [3.63, 3.8) is 0 Å². The number of terminal acetylenes is 1. The van der Waals surface area contributed by atoms with Crippen molar-refractivity contribution in [2.45, 2.75) is 89.0 Å². The first-order valence-corrected chi connectivity index (χ1v) is 16.5. The third-order valence-electron chi connectivity index (χ3n) is 13.9. The normalized spacial score (nSPS) is 45.7. The number of hydrogen-bond acceptors (Lipinski definition) is 7. The average molecular weight is 584 g/mol. The fraction of sp³-hybridized carbons (Fsp3) is 0.686. The lowest BCUT2D eigenvalue weighted by Gasteiger charge is -2.62. The summed E-state index contributed by atoms with van der Waals surface area (Å²) in [6.45, 7) is 6.43. The van der Waals surface area contributed by atoms with E-state index < -0.39 is 11.7 Å². The van der Waals surface area contributed by atoms with Gasteiger partial charge in [-0.1, -0.05) is 25.3 Å². The zero-order valence-electron chi connectivity index (χ0n) is 25.7. The third kappa shape index (κ3) is 3.65. The molecule has 8 heteroatoms. The van der Waals surface area contributed by atoms with Gasteiger partial charge >= 0.3 is 0 Å². The predicted octanol–water partition coefficient (Wildman–Crippen LogP) is 3.95. The van der Waals surface area contributed by atoms with Gasteiger partial charge in [-0.05, 0) is 93.1 Å². The van der Waals surface area contributed by atoms with Crippen molar-refractivity contribution in [2.75, 3.05) is 25.0 Å². The van der Waals surface area contributed by atoms with Crippen LogP contribution in [0.2, 0.25) is 0 Å². The molecule has 5 aliphatic carbocycles. The van der Waals surface area contributed by atoms with E-state index in [-0.39, 0.29) is 22.7 Å². The summed E-state index contributed by atoms with van der Waals surface area (Å²) >= 11 is 0. The van der Waals surface area contributed by atoms with E-state index in [1.54, 1.807) is 6.33 Å². The van der Waals surface area contributed by atoms with Crippen LogP contribution in [0, 0.1) is 52.8 Å². The number of anilines is 1. The van der Waals surface area contributed by atoms with Gasteiger partial charge in [-0.2, -0.15) is 0 Å². The molecule has 1 aliphatic heterocycles. The van der Waals surface area contributed by atoms with Crippen LogP contribution >= 0.6 is 0 Å². The maximum absolute atomic E-state index is 13.3. The highest BCUT2D eigenvalue weighted by molar-refractivity contribution is 5.96. The van der Waals surface area contributed by atoms with Gasteiger partial charge in [0.2, 0.25) is 0 Å². The number of aliphatic hydroxyl groups is 2. The average Bonchev–Trinajstić information content (AvgIpc) is 3.76. The molecule has 0 aromatic carbocycles. The van der Waals surface area contributed by atoms with Crippen LogP contribution in [0.3, 0.4) is 0 Å². The van der Waals surface area contributed by atoms with Crippen molar-refractivity contribution in [1.29, 1.82) is 0 Å².